The number of amides is 1. The van der Waals surface area contributed by atoms with E-state index in [-0.39, 0.29) is 5.91 Å². The van der Waals surface area contributed by atoms with Gasteiger partial charge in [-0.05, 0) is 48.8 Å². The largest absolute Gasteiger partial charge is 0.376 e. The zero-order valence-corrected chi connectivity index (χ0v) is 16.7. The van der Waals surface area contributed by atoms with E-state index < -0.39 is 0 Å². The highest BCUT2D eigenvalue weighted by Crippen LogP contribution is 2.31. The molecule has 26 heavy (non-hydrogen) atoms. The summed E-state index contributed by atoms with van der Waals surface area (Å²) >= 11 is 0. The number of nitrogens with zero attached hydrogens (tertiary/aromatic N) is 1. The van der Waals surface area contributed by atoms with Gasteiger partial charge in [-0.1, -0.05) is 45.2 Å². The maximum Gasteiger partial charge on any atom is 0.239 e. The lowest BCUT2D eigenvalue weighted by molar-refractivity contribution is -0.119. The van der Waals surface area contributed by atoms with Crippen LogP contribution in [0.2, 0.25) is 0 Å². The number of nitrogens with one attached hydrogen (secondary N) is 2. The minimum absolute atomic E-state index is 0.110. The highest BCUT2D eigenvalue weighted by Gasteiger charge is 2.26. The lowest BCUT2D eigenvalue weighted by Crippen LogP contribution is -2.34. The van der Waals surface area contributed by atoms with Crippen LogP contribution in [0.5, 0.6) is 0 Å². The molecule has 4 heteroatoms. The van der Waals surface area contributed by atoms with Gasteiger partial charge in [-0.2, -0.15) is 0 Å². The maximum absolute atomic E-state index is 12.2. The number of hydrogen-bond acceptors (Lipinski definition) is 3. The van der Waals surface area contributed by atoms with Gasteiger partial charge in [0, 0.05) is 31.4 Å². The fourth-order valence-electron chi connectivity index (χ4n) is 4.21. The van der Waals surface area contributed by atoms with E-state index in [1.165, 1.54) is 43.2 Å². The van der Waals surface area contributed by atoms with Crippen LogP contribution >= 0.6 is 0 Å². The number of fused-ring (bicyclic) bond motifs is 1. The summed E-state index contributed by atoms with van der Waals surface area (Å²) in [6.45, 7) is 10.1. The third kappa shape index (κ3) is 4.79. The van der Waals surface area contributed by atoms with Crippen molar-refractivity contribution < 1.29 is 4.79 Å². The first-order valence-corrected chi connectivity index (χ1v) is 10.4. The van der Waals surface area contributed by atoms with Crippen LogP contribution in [0, 0.1) is 11.8 Å². The molecule has 0 spiro atoms. The first-order valence-electron chi connectivity index (χ1n) is 10.4. The second-order valence-corrected chi connectivity index (χ2v) is 8.49. The standard InChI is InChI=1S/C22H35N3O/c1-16(2)17(3)25-14-19-10-7-11-21(20(19)15-25)23-13-22(26)24-12-18-8-5-4-6-9-18/h7,10-11,16-18,23H,4-6,8-9,12-15H2,1-3H3,(H,24,26). The molecule has 0 aromatic heterocycles. The van der Waals surface area contributed by atoms with Crippen molar-refractivity contribution in [2.75, 3.05) is 18.4 Å². The summed E-state index contributed by atoms with van der Waals surface area (Å²) in [5.74, 6) is 1.43. The molecule has 1 fully saturated rings. The normalized spacial score (nSPS) is 19.4. The van der Waals surface area contributed by atoms with Crippen LogP contribution in [-0.2, 0) is 17.9 Å². The predicted octanol–water partition coefficient (Wildman–Crippen LogP) is 4.16. The van der Waals surface area contributed by atoms with Gasteiger partial charge >= 0.3 is 0 Å². The Morgan fingerprint density at radius 1 is 1.15 bits per heavy atom. The summed E-state index contributed by atoms with van der Waals surface area (Å²) in [7, 11) is 0. The van der Waals surface area contributed by atoms with E-state index in [4.69, 9.17) is 0 Å². The van der Waals surface area contributed by atoms with Gasteiger partial charge < -0.3 is 10.6 Å². The van der Waals surface area contributed by atoms with Gasteiger partial charge in [-0.25, -0.2) is 0 Å². The lowest BCUT2D eigenvalue weighted by atomic mass is 9.89. The average Bonchev–Trinajstić information content (AvgIpc) is 3.09. The molecular formula is C22H35N3O. The molecule has 1 aromatic rings. The Morgan fingerprint density at radius 3 is 2.65 bits per heavy atom. The topological polar surface area (TPSA) is 44.4 Å². The molecule has 0 saturated heterocycles. The molecule has 2 aliphatic rings. The molecule has 1 amide bonds. The van der Waals surface area contributed by atoms with Crippen LogP contribution in [0.4, 0.5) is 5.69 Å². The summed E-state index contributed by atoms with van der Waals surface area (Å²) in [5.41, 5.74) is 3.87. The van der Waals surface area contributed by atoms with E-state index in [1.807, 2.05) is 0 Å². The van der Waals surface area contributed by atoms with E-state index in [9.17, 15) is 4.79 Å². The van der Waals surface area contributed by atoms with Crippen LogP contribution in [0.3, 0.4) is 0 Å². The number of rotatable bonds is 7. The zero-order chi connectivity index (χ0) is 18.5. The van der Waals surface area contributed by atoms with Crippen molar-refractivity contribution in [2.45, 2.75) is 72.0 Å². The van der Waals surface area contributed by atoms with E-state index in [2.05, 4.69) is 54.5 Å². The quantitative estimate of drug-likeness (QED) is 0.770. The number of carbonyl (C=O) groups excluding carboxylic acids is 1. The SMILES string of the molecule is CC(C)C(C)N1Cc2cccc(NCC(=O)NCC3CCCCC3)c2C1. The van der Waals surface area contributed by atoms with E-state index in [0.717, 1.165) is 25.3 Å². The summed E-state index contributed by atoms with van der Waals surface area (Å²) in [4.78, 5) is 14.8. The predicted molar refractivity (Wildman–Crippen MR) is 108 cm³/mol. The highest BCUT2D eigenvalue weighted by molar-refractivity contribution is 5.81. The van der Waals surface area contributed by atoms with Crippen LogP contribution in [0.25, 0.3) is 0 Å². The van der Waals surface area contributed by atoms with Crippen molar-refractivity contribution in [3.05, 3.63) is 29.3 Å². The van der Waals surface area contributed by atoms with Crippen molar-refractivity contribution in [3.8, 4) is 0 Å². The van der Waals surface area contributed by atoms with Crippen LogP contribution < -0.4 is 10.6 Å². The second-order valence-electron chi connectivity index (χ2n) is 8.49. The Labute approximate surface area is 158 Å². The molecule has 0 bridgehead atoms. The molecule has 2 N–H and O–H groups in total. The summed E-state index contributed by atoms with van der Waals surface area (Å²) in [6.07, 6.45) is 6.53. The molecule has 0 radical (unpaired) electrons. The summed E-state index contributed by atoms with van der Waals surface area (Å²) in [5, 5.41) is 6.50. The second kappa shape index (κ2) is 8.90. The van der Waals surface area contributed by atoms with E-state index in [0.29, 0.717) is 24.4 Å². The van der Waals surface area contributed by atoms with Gasteiger partial charge in [0.2, 0.25) is 5.91 Å². The minimum atomic E-state index is 0.110. The van der Waals surface area contributed by atoms with Crippen molar-refractivity contribution in [2.24, 2.45) is 11.8 Å². The maximum atomic E-state index is 12.2. The van der Waals surface area contributed by atoms with Gasteiger partial charge in [0.15, 0.2) is 0 Å². The van der Waals surface area contributed by atoms with Gasteiger partial charge in [-0.15, -0.1) is 0 Å². The van der Waals surface area contributed by atoms with Crippen LogP contribution in [0.1, 0.15) is 64.0 Å². The molecule has 4 nitrogen and oxygen atoms in total. The Balaban J connectivity index is 1.50. The molecule has 1 aliphatic heterocycles. The van der Waals surface area contributed by atoms with Gasteiger partial charge in [0.05, 0.1) is 6.54 Å². The Hall–Kier alpha value is -1.55. The summed E-state index contributed by atoms with van der Waals surface area (Å²) < 4.78 is 0. The number of anilines is 1. The van der Waals surface area contributed by atoms with Crippen molar-refractivity contribution in [3.63, 3.8) is 0 Å². The monoisotopic (exact) mass is 357 g/mol. The molecule has 1 atom stereocenters. The fourth-order valence-corrected chi connectivity index (χ4v) is 4.21. The van der Waals surface area contributed by atoms with Crippen molar-refractivity contribution in [1.82, 2.24) is 10.2 Å². The Kier molecular flexibility index (Phi) is 6.58. The molecule has 1 heterocycles. The minimum Gasteiger partial charge on any atom is -0.376 e. The fraction of sp³-hybridized carbons (Fsp3) is 0.682. The number of carbonyl (C=O) groups is 1. The smallest absolute Gasteiger partial charge is 0.239 e. The third-order valence-corrected chi connectivity index (χ3v) is 6.30. The average molecular weight is 358 g/mol. The Morgan fingerprint density at radius 2 is 1.92 bits per heavy atom. The van der Waals surface area contributed by atoms with Gasteiger partial charge in [0.1, 0.15) is 0 Å². The number of benzene rings is 1. The molecule has 3 rings (SSSR count). The molecule has 144 valence electrons. The number of hydrogen-bond donors (Lipinski definition) is 2. The molecule has 1 saturated carbocycles. The van der Waals surface area contributed by atoms with Crippen LogP contribution in [0.15, 0.2) is 18.2 Å². The van der Waals surface area contributed by atoms with Crippen molar-refractivity contribution in [1.29, 1.82) is 0 Å². The zero-order valence-electron chi connectivity index (χ0n) is 16.7. The molecule has 1 aliphatic carbocycles. The van der Waals surface area contributed by atoms with E-state index in [1.54, 1.807) is 0 Å². The molecular weight excluding hydrogens is 322 g/mol. The third-order valence-electron chi connectivity index (χ3n) is 6.30. The highest BCUT2D eigenvalue weighted by atomic mass is 16.1. The molecule has 1 unspecified atom stereocenters. The first-order chi connectivity index (χ1) is 12.5. The van der Waals surface area contributed by atoms with Gasteiger partial charge in [-0.3, -0.25) is 9.69 Å². The Bertz CT molecular complexity index is 607. The summed E-state index contributed by atoms with van der Waals surface area (Å²) in [6, 6.07) is 6.99. The first kappa shape index (κ1) is 19.2. The van der Waals surface area contributed by atoms with Crippen molar-refractivity contribution >= 4 is 11.6 Å². The van der Waals surface area contributed by atoms with Gasteiger partial charge in [0.25, 0.3) is 0 Å². The lowest BCUT2D eigenvalue weighted by Gasteiger charge is -2.27. The van der Waals surface area contributed by atoms with Crippen LogP contribution in [-0.4, -0.2) is 29.9 Å². The molecule has 1 aromatic carbocycles. The van der Waals surface area contributed by atoms with E-state index >= 15 is 0 Å².